The molecule has 2 aromatic heterocycles. The second-order valence-corrected chi connectivity index (χ2v) is 11.4. The van der Waals surface area contributed by atoms with Crippen LogP contribution >= 0.6 is 23.1 Å². The molecule has 1 N–H and O–H groups in total. The van der Waals surface area contributed by atoms with Crippen molar-refractivity contribution in [2.24, 2.45) is 18.4 Å². The molecule has 0 aromatic carbocycles. The van der Waals surface area contributed by atoms with Gasteiger partial charge in [-0.25, -0.2) is 0 Å². The van der Waals surface area contributed by atoms with E-state index in [1.165, 1.54) is 28.2 Å². The molecule has 1 amide bonds. The Morgan fingerprint density at radius 3 is 2.86 bits per heavy atom. The van der Waals surface area contributed by atoms with E-state index in [2.05, 4.69) is 46.9 Å². The monoisotopic (exact) mass is 418 g/mol. The average Bonchev–Trinajstić information content (AvgIpc) is 3.15. The van der Waals surface area contributed by atoms with Gasteiger partial charge in [-0.1, -0.05) is 39.0 Å². The lowest BCUT2D eigenvalue weighted by molar-refractivity contribution is -0.120. The van der Waals surface area contributed by atoms with E-state index in [4.69, 9.17) is 0 Å². The number of rotatable bonds is 3. The molecule has 28 heavy (non-hydrogen) atoms. The van der Waals surface area contributed by atoms with E-state index in [9.17, 15) is 4.79 Å². The maximum atomic E-state index is 12.3. The first-order valence-electron chi connectivity index (χ1n) is 10.3. The molecule has 7 heteroatoms. The standard InChI is InChI=1S/C21H30N4OS2/c1-21(2,3)14-8-9-15-13(11-14)12-17(27-15)18-23-24-20(25(18)4)28-16-7-5-6-10-22-19(16)26/h12,14,16H,5-11H2,1-4H3,(H,22,26). The van der Waals surface area contributed by atoms with Crippen LogP contribution in [0.3, 0.4) is 0 Å². The third-order valence-corrected chi connectivity index (χ3v) is 8.63. The third-order valence-electron chi connectivity index (χ3n) is 6.10. The number of hydrogen-bond donors (Lipinski definition) is 1. The fourth-order valence-corrected chi connectivity index (χ4v) is 6.45. The first-order chi connectivity index (χ1) is 13.3. The molecule has 0 bridgehead atoms. The van der Waals surface area contributed by atoms with Gasteiger partial charge in [-0.05, 0) is 55.1 Å². The van der Waals surface area contributed by atoms with Gasteiger partial charge in [0.2, 0.25) is 5.91 Å². The van der Waals surface area contributed by atoms with Crippen molar-refractivity contribution in [3.63, 3.8) is 0 Å². The number of aromatic nitrogens is 3. The van der Waals surface area contributed by atoms with Crippen LogP contribution in [0.2, 0.25) is 0 Å². The minimum atomic E-state index is -0.0673. The topological polar surface area (TPSA) is 59.8 Å². The number of carbonyl (C=O) groups excluding carboxylic acids is 1. The molecule has 0 radical (unpaired) electrons. The van der Waals surface area contributed by atoms with E-state index in [0.29, 0.717) is 5.41 Å². The zero-order valence-electron chi connectivity index (χ0n) is 17.2. The molecule has 5 nitrogen and oxygen atoms in total. The normalized spacial score (nSPS) is 23.2. The fourth-order valence-electron chi connectivity index (χ4n) is 4.16. The van der Waals surface area contributed by atoms with E-state index in [1.54, 1.807) is 11.8 Å². The second kappa shape index (κ2) is 7.82. The smallest absolute Gasteiger partial charge is 0.233 e. The lowest BCUT2D eigenvalue weighted by Gasteiger charge is -2.33. The van der Waals surface area contributed by atoms with Crippen molar-refractivity contribution in [3.8, 4) is 10.7 Å². The highest BCUT2D eigenvalue weighted by Gasteiger charge is 2.31. The van der Waals surface area contributed by atoms with E-state index in [1.807, 2.05) is 18.4 Å². The molecule has 1 saturated heterocycles. The molecule has 3 heterocycles. The summed E-state index contributed by atoms with van der Waals surface area (Å²) in [5.41, 5.74) is 1.85. The molecule has 4 rings (SSSR count). The fraction of sp³-hybridized carbons (Fsp3) is 0.667. The molecule has 2 unspecified atom stereocenters. The Labute approximate surface area is 175 Å². The number of nitrogens with zero attached hydrogens (tertiary/aromatic N) is 3. The number of carbonyl (C=O) groups is 1. The van der Waals surface area contributed by atoms with E-state index in [0.717, 1.165) is 49.1 Å². The van der Waals surface area contributed by atoms with Crippen LogP contribution in [0.15, 0.2) is 11.2 Å². The van der Waals surface area contributed by atoms with E-state index < -0.39 is 0 Å². The Kier molecular flexibility index (Phi) is 5.58. The molecular formula is C21H30N4OS2. The van der Waals surface area contributed by atoms with Crippen molar-refractivity contribution in [3.05, 3.63) is 16.5 Å². The van der Waals surface area contributed by atoms with Gasteiger partial charge in [0, 0.05) is 18.5 Å². The Balaban J connectivity index is 1.54. The molecule has 152 valence electrons. The van der Waals surface area contributed by atoms with Crippen LogP contribution in [0.5, 0.6) is 0 Å². The molecule has 1 fully saturated rings. The van der Waals surface area contributed by atoms with Gasteiger partial charge in [0.25, 0.3) is 0 Å². The Hall–Kier alpha value is -1.34. The van der Waals surface area contributed by atoms with E-state index >= 15 is 0 Å². The van der Waals surface area contributed by atoms with Crippen molar-refractivity contribution >= 4 is 29.0 Å². The number of thioether (sulfide) groups is 1. The summed E-state index contributed by atoms with van der Waals surface area (Å²) in [5, 5.41) is 12.7. The lowest BCUT2D eigenvalue weighted by atomic mass is 9.72. The van der Waals surface area contributed by atoms with E-state index in [-0.39, 0.29) is 11.2 Å². The number of amides is 1. The quantitative estimate of drug-likeness (QED) is 0.800. The van der Waals surface area contributed by atoms with Crippen LogP contribution in [0, 0.1) is 11.3 Å². The molecule has 0 saturated carbocycles. The number of aryl methyl sites for hydroxylation is 1. The highest BCUT2D eigenvalue weighted by atomic mass is 32.2. The summed E-state index contributed by atoms with van der Waals surface area (Å²) in [6.45, 7) is 7.85. The maximum Gasteiger partial charge on any atom is 0.233 e. The van der Waals surface area contributed by atoms with Gasteiger partial charge in [0.1, 0.15) is 0 Å². The Morgan fingerprint density at radius 1 is 1.25 bits per heavy atom. The summed E-state index contributed by atoms with van der Waals surface area (Å²) in [7, 11) is 2.02. The number of hydrogen-bond acceptors (Lipinski definition) is 5. The van der Waals surface area contributed by atoms with Crippen molar-refractivity contribution < 1.29 is 4.79 Å². The lowest BCUT2D eigenvalue weighted by Crippen LogP contribution is -2.30. The molecule has 1 aliphatic heterocycles. The maximum absolute atomic E-state index is 12.3. The summed E-state index contributed by atoms with van der Waals surface area (Å²) < 4.78 is 2.06. The number of thiophene rings is 1. The predicted octanol–water partition coefficient (Wildman–Crippen LogP) is 4.46. The van der Waals surface area contributed by atoms with Crippen LogP contribution < -0.4 is 5.32 Å². The average molecular weight is 419 g/mol. The van der Waals surface area contributed by atoms with Crippen LogP contribution in [0.25, 0.3) is 10.7 Å². The SMILES string of the molecule is Cn1c(SC2CCCCNC2=O)nnc1-c1cc2c(s1)CCC(C(C)(C)C)C2. The number of fused-ring (bicyclic) bond motifs is 1. The van der Waals surface area contributed by atoms with Crippen molar-refractivity contribution in [2.75, 3.05) is 6.54 Å². The Bertz CT molecular complexity index is 864. The summed E-state index contributed by atoms with van der Waals surface area (Å²) in [5.74, 6) is 1.79. The Morgan fingerprint density at radius 2 is 2.07 bits per heavy atom. The third kappa shape index (κ3) is 4.01. The van der Waals surface area contributed by atoms with Gasteiger partial charge < -0.3 is 9.88 Å². The highest BCUT2D eigenvalue weighted by molar-refractivity contribution is 8.00. The molecule has 2 aromatic rings. The van der Waals surface area contributed by atoms with Crippen LogP contribution in [0.1, 0.15) is 56.9 Å². The minimum Gasteiger partial charge on any atom is -0.355 e. The van der Waals surface area contributed by atoms with Crippen LogP contribution in [0.4, 0.5) is 0 Å². The van der Waals surface area contributed by atoms with Crippen LogP contribution in [-0.2, 0) is 24.7 Å². The van der Waals surface area contributed by atoms with Gasteiger partial charge in [0.15, 0.2) is 11.0 Å². The van der Waals surface area contributed by atoms with Crippen molar-refractivity contribution in [2.45, 2.75) is 69.7 Å². The van der Waals surface area contributed by atoms with Gasteiger partial charge in [-0.3, -0.25) is 4.79 Å². The largest absolute Gasteiger partial charge is 0.355 e. The summed E-state index contributed by atoms with van der Waals surface area (Å²) in [6.07, 6.45) is 6.64. The zero-order valence-corrected chi connectivity index (χ0v) is 18.9. The zero-order chi connectivity index (χ0) is 19.9. The van der Waals surface area contributed by atoms with Gasteiger partial charge in [-0.2, -0.15) is 0 Å². The van der Waals surface area contributed by atoms with Gasteiger partial charge in [0.05, 0.1) is 10.1 Å². The first kappa shape index (κ1) is 20.0. The van der Waals surface area contributed by atoms with Crippen LogP contribution in [-0.4, -0.2) is 32.5 Å². The van der Waals surface area contributed by atoms with Gasteiger partial charge in [-0.15, -0.1) is 21.5 Å². The predicted molar refractivity (Wildman–Crippen MR) is 116 cm³/mol. The number of nitrogens with one attached hydrogen (secondary N) is 1. The van der Waals surface area contributed by atoms with Crippen molar-refractivity contribution in [1.29, 1.82) is 0 Å². The molecule has 2 atom stereocenters. The summed E-state index contributed by atoms with van der Waals surface area (Å²) in [6, 6.07) is 2.33. The highest BCUT2D eigenvalue weighted by Crippen LogP contribution is 2.42. The minimum absolute atomic E-state index is 0.0673. The van der Waals surface area contributed by atoms with Gasteiger partial charge >= 0.3 is 0 Å². The molecule has 2 aliphatic rings. The summed E-state index contributed by atoms with van der Waals surface area (Å²) in [4.78, 5) is 15.0. The second-order valence-electron chi connectivity index (χ2n) is 9.12. The first-order valence-corrected chi connectivity index (χ1v) is 12.0. The molecular weight excluding hydrogens is 388 g/mol. The molecule has 1 aliphatic carbocycles. The molecule has 0 spiro atoms. The van der Waals surface area contributed by atoms with Crippen molar-refractivity contribution in [1.82, 2.24) is 20.1 Å². The summed E-state index contributed by atoms with van der Waals surface area (Å²) >= 11 is 3.42.